The summed E-state index contributed by atoms with van der Waals surface area (Å²) in [6, 6.07) is 2.94. The maximum atomic E-state index is 13.5. The number of imidazole rings is 1. The molecule has 1 aliphatic rings. The molecule has 0 spiro atoms. The molecule has 3 amide bonds. The Morgan fingerprint density at radius 3 is 2.56 bits per heavy atom. The first-order valence-corrected chi connectivity index (χ1v) is 13.3. The summed E-state index contributed by atoms with van der Waals surface area (Å²) in [6.45, 7) is 0.323. The van der Waals surface area contributed by atoms with Gasteiger partial charge in [0, 0.05) is 54.8 Å². The van der Waals surface area contributed by atoms with E-state index < -0.39 is 60.2 Å². The molecule has 8 N–H and O–H groups in total. The van der Waals surface area contributed by atoms with Crippen LogP contribution in [0.15, 0.2) is 43.0 Å². The standard InChI is InChI=1S/C27H33N7O7/c28-18(11-16-13-29-14-31-16)26(39)34-9-3-6-22(34)25(38)33-21(10-15-12-30-19-5-2-1-4-17(15)19)24(37)32-20(27(40)41)7-8-23(35)36/h1-2,4-5,12-14,18,20-22,30H,3,6-11,28H2,(H,29,31)(H,32,37)(H,33,38)(H,35,36)(H,40,41). The molecule has 2 aromatic heterocycles. The minimum Gasteiger partial charge on any atom is -0.481 e. The molecule has 4 rings (SSSR count). The zero-order valence-corrected chi connectivity index (χ0v) is 22.2. The van der Waals surface area contributed by atoms with Crippen molar-refractivity contribution >= 4 is 40.6 Å². The van der Waals surface area contributed by atoms with Crippen LogP contribution in [-0.4, -0.2) is 90.4 Å². The van der Waals surface area contributed by atoms with Gasteiger partial charge in [-0.1, -0.05) is 18.2 Å². The number of nitrogens with zero attached hydrogens (tertiary/aromatic N) is 2. The summed E-state index contributed by atoms with van der Waals surface area (Å²) in [7, 11) is 0. The summed E-state index contributed by atoms with van der Waals surface area (Å²) >= 11 is 0. The van der Waals surface area contributed by atoms with E-state index in [1.807, 2.05) is 24.3 Å². The summed E-state index contributed by atoms with van der Waals surface area (Å²) in [5, 5.41) is 24.4. The Bertz CT molecular complexity index is 1400. The van der Waals surface area contributed by atoms with Gasteiger partial charge >= 0.3 is 11.9 Å². The van der Waals surface area contributed by atoms with Crippen molar-refractivity contribution in [1.82, 2.24) is 30.5 Å². The molecular formula is C27H33N7O7. The van der Waals surface area contributed by atoms with Gasteiger partial charge < -0.3 is 41.4 Å². The number of aromatic amines is 2. The van der Waals surface area contributed by atoms with Crippen LogP contribution >= 0.6 is 0 Å². The molecule has 14 heteroatoms. The molecular weight excluding hydrogens is 534 g/mol. The van der Waals surface area contributed by atoms with Crippen molar-refractivity contribution in [2.75, 3.05) is 6.54 Å². The zero-order valence-electron chi connectivity index (χ0n) is 22.2. The van der Waals surface area contributed by atoms with Crippen LogP contribution in [0.3, 0.4) is 0 Å². The molecule has 218 valence electrons. The molecule has 4 atom stereocenters. The molecule has 0 aliphatic carbocycles. The normalized spacial score (nSPS) is 17.1. The second-order valence-electron chi connectivity index (χ2n) is 10.0. The van der Waals surface area contributed by atoms with Crippen molar-refractivity contribution in [3.8, 4) is 0 Å². The SMILES string of the molecule is NC(Cc1cnc[nH]1)C(=O)N1CCCC1C(=O)NC(Cc1c[nH]c2ccccc12)C(=O)NC(CCC(=O)O)C(=O)O. The lowest BCUT2D eigenvalue weighted by Gasteiger charge is -2.28. The van der Waals surface area contributed by atoms with Crippen LogP contribution in [0, 0.1) is 0 Å². The Morgan fingerprint density at radius 2 is 1.85 bits per heavy atom. The van der Waals surface area contributed by atoms with Crippen LogP contribution < -0.4 is 16.4 Å². The number of carboxylic acid groups (broad SMARTS) is 2. The van der Waals surface area contributed by atoms with Gasteiger partial charge in [0.25, 0.3) is 0 Å². The van der Waals surface area contributed by atoms with Gasteiger partial charge in [-0.05, 0) is 30.9 Å². The number of rotatable bonds is 13. The number of carbonyl (C=O) groups is 5. The molecule has 3 heterocycles. The number of hydrogen-bond acceptors (Lipinski definition) is 7. The quantitative estimate of drug-likeness (QED) is 0.146. The molecule has 14 nitrogen and oxygen atoms in total. The van der Waals surface area contributed by atoms with Gasteiger partial charge in [0.1, 0.15) is 18.1 Å². The fourth-order valence-corrected chi connectivity index (χ4v) is 5.03. The second-order valence-corrected chi connectivity index (χ2v) is 10.0. The Labute approximate surface area is 234 Å². The number of aliphatic carboxylic acids is 2. The largest absolute Gasteiger partial charge is 0.481 e. The van der Waals surface area contributed by atoms with Crippen molar-refractivity contribution in [2.45, 2.75) is 62.7 Å². The van der Waals surface area contributed by atoms with E-state index in [1.165, 1.54) is 11.2 Å². The van der Waals surface area contributed by atoms with Gasteiger partial charge in [0.05, 0.1) is 12.4 Å². The fourth-order valence-electron chi connectivity index (χ4n) is 5.03. The number of para-hydroxylation sites is 1. The highest BCUT2D eigenvalue weighted by Crippen LogP contribution is 2.22. The average Bonchev–Trinajstić information content (AvgIpc) is 3.71. The van der Waals surface area contributed by atoms with E-state index in [1.54, 1.807) is 12.4 Å². The first kappa shape index (κ1) is 29.3. The molecule has 0 bridgehead atoms. The number of carboxylic acids is 2. The highest BCUT2D eigenvalue weighted by molar-refractivity contribution is 5.95. The number of hydrogen-bond donors (Lipinski definition) is 7. The van der Waals surface area contributed by atoms with Gasteiger partial charge in [0.15, 0.2) is 0 Å². The fraction of sp³-hybridized carbons (Fsp3) is 0.407. The van der Waals surface area contributed by atoms with Gasteiger partial charge in [-0.2, -0.15) is 0 Å². The summed E-state index contributed by atoms with van der Waals surface area (Å²) < 4.78 is 0. The Morgan fingerprint density at radius 1 is 1.07 bits per heavy atom. The third kappa shape index (κ3) is 7.28. The number of benzene rings is 1. The lowest BCUT2D eigenvalue weighted by atomic mass is 10.0. The summed E-state index contributed by atoms with van der Waals surface area (Å²) in [4.78, 5) is 74.0. The van der Waals surface area contributed by atoms with Crippen LogP contribution in [0.2, 0.25) is 0 Å². The Kier molecular flexibility index (Phi) is 9.34. The van der Waals surface area contributed by atoms with Crippen LogP contribution in [0.5, 0.6) is 0 Å². The number of nitrogens with two attached hydrogens (primary N) is 1. The summed E-state index contributed by atoms with van der Waals surface area (Å²) in [6.07, 6.45) is 5.12. The van der Waals surface area contributed by atoms with E-state index in [2.05, 4.69) is 25.6 Å². The molecule has 0 saturated carbocycles. The molecule has 1 fully saturated rings. The lowest BCUT2D eigenvalue weighted by molar-refractivity contribution is -0.144. The van der Waals surface area contributed by atoms with Crippen molar-refractivity contribution in [1.29, 1.82) is 0 Å². The average molecular weight is 568 g/mol. The molecule has 41 heavy (non-hydrogen) atoms. The summed E-state index contributed by atoms with van der Waals surface area (Å²) in [5.41, 5.74) is 8.34. The molecule has 0 radical (unpaired) electrons. The predicted octanol–water partition coefficient (Wildman–Crippen LogP) is -0.0865. The first-order valence-electron chi connectivity index (χ1n) is 13.3. The van der Waals surface area contributed by atoms with E-state index in [9.17, 15) is 29.1 Å². The minimum atomic E-state index is -1.47. The highest BCUT2D eigenvalue weighted by atomic mass is 16.4. The third-order valence-electron chi connectivity index (χ3n) is 7.14. The van der Waals surface area contributed by atoms with E-state index in [0.717, 1.165) is 10.9 Å². The number of carbonyl (C=O) groups excluding carboxylic acids is 3. The zero-order chi connectivity index (χ0) is 29.5. The molecule has 1 aromatic carbocycles. The topological polar surface area (TPSA) is 224 Å². The first-order chi connectivity index (χ1) is 19.6. The van der Waals surface area contributed by atoms with Crippen molar-refractivity contribution in [2.24, 2.45) is 5.73 Å². The predicted molar refractivity (Wildman–Crippen MR) is 145 cm³/mol. The number of H-pyrrole nitrogens is 2. The van der Waals surface area contributed by atoms with Gasteiger partial charge in [-0.3, -0.25) is 19.2 Å². The maximum absolute atomic E-state index is 13.5. The molecule has 1 aliphatic heterocycles. The van der Waals surface area contributed by atoms with E-state index in [0.29, 0.717) is 30.6 Å². The number of nitrogens with one attached hydrogen (secondary N) is 4. The van der Waals surface area contributed by atoms with Crippen LogP contribution in [0.1, 0.15) is 36.9 Å². The van der Waals surface area contributed by atoms with Crippen LogP contribution in [0.4, 0.5) is 0 Å². The van der Waals surface area contributed by atoms with Gasteiger partial charge in [-0.25, -0.2) is 9.78 Å². The van der Waals surface area contributed by atoms with Crippen molar-refractivity contribution < 1.29 is 34.2 Å². The number of aromatic nitrogens is 3. The second kappa shape index (κ2) is 13.1. The van der Waals surface area contributed by atoms with E-state index >= 15 is 0 Å². The Balaban J connectivity index is 1.51. The van der Waals surface area contributed by atoms with E-state index in [-0.39, 0.29) is 19.3 Å². The Hall–Kier alpha value is -4.72. The van der Waals surface area contributed by atoms with Crippen LogP contribution in [-0.2, 0) is 36.8 Å². The smallest absolute Gasteiger partial charge is 0.326 e. The van der Waals surface area contributed by atoms with Gasteiger partial charge in [0.2, 0.25) is 17.7 Å². The molecule has 3 aromatic rings. The van der Waals surface area contributed by atoms with Crippen LogP contribution in [0.25, 0.3) is 10.9 Å². The maximum Gasteiger partial charge on any atom is 0.326 e. The van der Waals surface area contributed by atoms with Crippen molar-refractivity contribution in [3.63, 3.8) is 0 Å². The van der Waals surface area contributed by atoms with Gasteiger partial charge in [-0.15, -0.1) is 0 Å². The van der Waals surface area contributed by atoms with E-state index in [4.69, 9.17) is 10.8 Å². The number of likely N-dealkylation sites (tertiary alicyclic amines) is 1. The minimum absolute atomic E-state index is 0.0207. The third-order valence-corrected chi connectivity index (χ3v) is 7.14. The molecule has 1 saturated heterocycles. The number of amides is 3. The lowest BCUT2D eigenvalue weighted by Crippen LogP contribution is -2.57. The summed E-state index contributed by atoms with van der Waals surface area (Å²) in [5.74, 6) is -4.36. The number of fused-ring (bicyclic) bond motifs is 1. The highest BCUT2D eigenvalue weighted by Gasteiger charge is 2.38. The molecule has 4 unspecified atom stereocenters. The van der Waals surface area contributed by atoms with Crippen molar-refractivity contribution in [3.05, 3.63) is 54.2 Å². The monoisotopic (exact) mass is 567 g/mol.